The number of ether oxygens (including phenoxy) is 2. The number of thioether (sulfide) groups is 1. The van der Waals surface area contributed by atoms with Crippen LogP contribution < -0.4 is 19.8 Å². The Morgan fingerprint density at radius 2 is 1.81 bits per heavy atom. The summed E-state index contributed by atoms with van der Waals surface area (Å²) < 4.78 is 47.8. The summed E-state index contributed by atoms with van der Waals surface area (Å²) in [6, 6.07) is 17.8. The molecule has 1 saturated heterocycles. The van der Waals surface area contributed by atoms with Gasteiger partial charge in [-0.25, -0.2) is 19.9 Å². The van der Waals surface area contributed by atoms with E-state index in [1.165, 1.54) is 53.3 Å². The highest BCUT2D eigenvalue weighted by Crippen LogP contribution is 2.34. The number of aromatic nitrogens is 3. The van der Waals surface area contributed by atoms with E-state index < -0.39 is 12.4 Å². The number of carbonyl (C=O) groups is 1. The Hall–Kier alpha value is -4.85. The Morgan fingerprint density at radius 3 is 2.49 bits per heavy atom. The molecule has 1 aromatic heterocycles. The van der Waals surface area contributed by atoms with Crippen molar-refractivity contribution in [2.45, 2.75) is 26.3 Å². The van der Waals surface area contributed by atoms with E-state index in [9.17, 15) is 18.0 Å². The highest BCUT2D eigenvalue weighted by atomic mass is 32.2. The summed E-state index contributed by atoms with van der Waals surface area (Å²) in [5, 5.41) is 9.01. The average molecular weight is 610 g/mol. The number of hydrogen-bond acceptors (Lipinski definition) is 7. The summed E-state index contributed by atoms with van der Waals surface area (Å²) in [7, 11) is 1.62. The van der Waals surface area contributed by atoms with Crippen LogP contribution in [0.15, 0.2) is 83.2 Å². The summed E-state index contributed by atoms with van der Waals surface area (Å²) in [6.45, 7) is 4.06. The van der Waals surface area contributed by atoms with Crippen LogP contribution in [-0.4, -0.2) is 57.4 Å². The van der Waals surface area contributed by atoms with Gasteiger partial charge in [-0.15, -0.1) is 18.3 Å². The first-order valence-corrected chi connectivity index (χ1v) is 13.9. The van der Waals surface area contributed by atoms with E-state index in [1.54, 1.807) is 31.4 Å². The molecule has 3 aromatic carbocycles. The number of halogens is 3. The molecular formula is C29H26F3N7O3S. The van der Waals surface area contributed by atoms with Gasteiger partial charge in [-0.1, -0.05) is 36.0 Å². The SMILES string of the molecule is COc1ccc(N2/C(=N/C(=O)N/N=C/c3ccc(-c4ncn(-c5ccc(OC(F)(F)F)cc5)n4)cc3)SCC2C)c(C)c1. The smallest absolute Gasteiger partial charge is 0.497 e. The number of hydrazone groups is 1. The Balaban J connectivity index is 1.19. The first kappa shape index (κ1) is 29.6. The highest BCUT2D eigenvalue weighted by molar-refractivity contribution is 8.14. The Morgan fingerprint density at radius 1 is 1.09 bits per heavy atom. The van der Waals surface area contributed by atoms with Crippen LogP contribution in [0.3, 0.4) is 0 Å². The minimum Gasteiger partial charge on any atom is -0.497 e. The van der Waals surface area contributed by atoms with Crippen LogP contribution in [-0.2, 0) is 0 Å². The van der Waals surface area contributed by atoms with Crippen molar-refractivity contribution in [2.24, 2.45) is 10.1 Å². The first-order valence-electron chi connectivity index (χ1n) is 13.0. The van der Waals surface area contributed by atoms with Crippen LogP contribution in [0.1, 0.15) is 18.1 Å². The van der Waals surface area contributed by atoms with Gasteiger partial charge in [-0.05, 0) is 67.4 Å². The maximum atomic E-state index is 12.5. The fourth-order valence-corrected chi connectivity index (χ4v) is 5.40. The number of hydrogen-bond donors (Lipinski definition) is 1. The molecule has 10 nitrogen and oxygen atoms in total. The van der Waals surface area contributed by atoms with E-state index in [-0.39, 0.29) is 11.8 Å². The van der Waals surface area contributed by atoms with Crippen LogP contribution in [0.4, 0.5) is 23.7 Å². The van der Waals surface area contributed by atoms with Gasteiger partial charge in [-0.3, -0.25) is 0 Å². The van der Waals surface area contributed by atoms with Crippen LogP contribution in [0.2, 0.25) is 0 Å². The van der Waals surface area contributed by atoms with Crippen molar-refractivity contribution < 1.29 is 27.4 Å². The molecule has 0 bridgehead atoms. The largest absolute Gasteiger partial charge is 0.573 e. The summed E-state index contributed by atoms with van der Waals surface area (Å²) >= 11 is 1.50. The number of amidine groups is 1. The number of urea groups is 1. The number of anilines is 1. The summed E-state index contributed by atoms with van der Waals surface area (Å²) in [4.78, 5) is 23.1. The number of aliphatic imine (C=N–C) groups is 1. The zero-order chi connectivity index (χ0) is 30.6. The Bertz CT molecular complexity index is 1660. The molecule has 1 aliphatic heterocycles. The lowest BCUT2D eigenvalue weighted by Crippen LogP contribution is -2.33. The third-order valence-corrected chi connectivity index (χ3v) is 7.53. The lowest BCUT2D eigenvalue weighted by Gasteiger charge is -2.25. The molecule has 2 heterocycles. The predicted molar refractivity (Wildman–Crippen MR) is 159 cm³/mol. The molecule has 4 aromatic rings. The van der Waals surface area contributed by atoms with E-state index >= 15 is 0 Å². The standard InChI is InChI=1S/C29H26F3N7O3S/c1-18-14-24(41-3)12-13-25(18)39-19(2)16-43-28(39)35-27(40)36-34-15-20-4-6-21(7-5-20)26-33-17-38(37-26)22-8-10-23(11-9-22)42-29(30,31)32/h4-15,17,19H,16H2,1-3H3,(H,36,40)/b34-15+,35-28-. The molecule has 1 N–H and O–H groups in total. The van der Waals surface area contributed by atoms with Crippen molar-refractivity contribution in [3.05, 3.63) is 84.2 Å². The fraction of sp³-hybridized carbons (Fsp3) is 0.207. The van der Waals surface area contributed by atoms with Crippen molar-refractivity contribution in [1.29, 1.82) is 0 Å². The molecule has 14 heteroatoms. The summed E-state index contributed by atoms with van der Waals surface area (Å²) in [5.41, 5.74) is 6.37. The van der Waals surface area contributed by atoms with E-state index in [0.717, 1.165) is 28.3 Å². The van der Waals surface area contributed by atoms with Gasteiger partial charge in [0.2, 0.25) is 0 Å². The number of aryl methyl sites for hydroxylation is 1. The monoisotopic (exact) mass is 609 g/mol. The van der Waals surface area contributed by atoms with Crippen LogP contribution in [0.5, 0.6) is 11.5 Å². The van der Waals surface area contributed by atoms with Gasteiger partial charge >= 0.3 is 12.4 Å². The normalized spacial score (nSPS) is 16.2. The van der Waals surface area contributed by atoms with Crippen LogP contribution >= 0.6 is 11.8 Å². The number of methoxy groups -OCH3 is 1. The number of rotatable bonds is 7. The molecule has 1 atom stereocenters. The van der Waals surface area contributed by atoms with Gasteiger partial charge in [0, 0.05) is 23.0 Å². The molecular weight excluding hydrogens is 583 g/mol. The van der Waals surface area contributed by atoms with E-state index in [1.807, 2.05) is 30.0 Å². The molecule has 0 saturated carbocycles. The minimum atomic E-state index is -4.76. The number of carbonyl (C=O) groups excluding carboxylic acids is 1. The zero-order valence-electron chi connectivity index (χ0n) is 23.2. The second kappa shape index (κ2) is 12.6. The molecule has 5 rings (SSSR count). The lowest BCUT2D eigenvalue weighted by atomic mass is 10.1. The first-order chi connectivity index (χ1) is 20.6. The number of alkyl halides is 3. The van der Waals surface area contributed by atoms with Crippen molar-refractivity contribution in [3.63, 3.8) is 0 Å². The third kappa shape index (κ3) is 7.33. The molecule has 2 amide bonds. The second-order valence-corrected chi connectivity index (χ2v) is 10.4. The second-order valence-electron chi connectivity index (χ2n) is 9.43. The summed E-state index contributed by atoms with van der Waals surface area (Å²) in [6.07, 6.45) is -1.80. The molecule has 1 unspecified atom stereocenters. The van der Waals surface area contributed by atoms with Gasteiger partial charge in [0.05, 0.1) is 19.0 Å². The van der Waals surface area contributed by atoms with Gasteiger partial charge < -0.3 is 14.4 Å². The maximum Gasteiger partial charge on any atom is 0.573 e. The van der Waals surface area contributed by atoms with Gasteiger partial charge in [0.15, 0.2) is 11.0 Å². The maximum absolute atomic E-state index is 12.5. The topological polar surface area (TPSA) is 106 Å². The fourth-order valence-electron chi connectivity index (χ4n) is 4.29. The molecule has 0 spiro atoms. The highest BCUT2D eigenvalue weighted by Gasteiger charge is 2.31. The molecule has 0 aliphatic carbocycles. The minimum absolute atomic E-state index is 0.157. The zero-order valence-corrected chi connectivity index (χ0v) is 24.1. The van der Waals surface area contributed by atoms with Gasteiger partial charge in [0.25, 0.3) is 0 Å². The predicted octanol–water partition coefficient (Wildman–Crippen LogP) is 6.19. The Kier molecular flexibility index (Phi) is 8.66. The molecule has 0 radical (unpaired) electrons. The lowest BCUT2D eigenvalue weighted by molar-refractivity contribution is -0.274. The number of amides is 2. The van der Waals surface area contributed by atoms with Crippen molar-refractivity contribution >= 4 is 34.9 Å². The molecule has 1 fully saturated rings. The molecule has 43 heavy (non-hydrogen) atoms. The van der Waals surface area contributed by atoms with Crippen LogP contribution in [0.25, 0.3) is 17.1 Å². The number of benzene rings is 3. The van der Waals surface area contributed by atoms with Crippen molar-refractivity contribution in [1.82, 2.24) is 20.2 Å². The molecule has 1 aliphatic rings. The van der Waals surface area contributed by atoms with Gasteiger partial charge in [-0.2, -0.15) is 10.1 Å². The third-order valence-electron chi connectivity index (χ3n) is 6.33. The van der Waals surface area contributed by atoms with E-state index in [2.05, 4.69) is 37.3 Å². The van der Waals surface area contributed by atoms with Crippen molar-refractivity contribution in [2.75, 3.05) is 17.8 Å². The summed E-state index contributed by atoms with van der Waals surface area (Å²) in [5.74, 6) is 1.65. The average Bonchev–Trinajstić information content (AvgIpc) is 3.60. The molecule has 222 valence electrons. The van der Waals surface area contributed by atoms with E-state index in [0.29, 0.717) is 22.2 Å². The van der Waals surface area contributed by atoms with E-state index in [4.69, 9.17) is 4.74 Å². The van der Waals surface area contributed by atoms with Gasteiger partial charge in [0.1, 0.15) is 17.8 Å². The number of nitrogens with one attached hydrogen (secondary N) is 1. The van der Waals surface area contributed by atoms with Crippen LogP contribution in [0, 0.1) is 6.92 Å². The Labute approximate surface area is 249 Å². The quantitative estimate of drug-likeness (QED) is 0.197. The van der Waals surface area contributed by atoms with Crippen molar-refractivity contribution in [3.8, 4) is 28.6 Å². The number of nitrogens with zero attached hydrogens (tertiary/aromatic N) is 6.